The maximum Gasteiger partial charge on any atom is 0.374 e. The maximum absolute atomic E-state index is 12.7. The van der Waals surface area contributed by atoms with Crippen molar-refractivity contribution in [1.29, 1.82) is 0 Å². The van der Waals surface area contributed by atoms with Crippen LogP contribution < -0.4 is 5.56 Å². The number of hydrogen-bond acceptors (Lipinski definition) is 4. The van der Waals surface area contributed by atoms with Crippen LogP contribution in [0, 0.1) is 18.8 Å². The lowest BCUT2D eigenvalue weighted by atomic mass is 10.0. The van der Waals surface area contributed by atoms with E-state index in [2.05, 4.69) is 18.8 Å². The lowest BCUT2D eigenvalue weighted by molar-refractivity contribution is 0.0502. The lowest BCUT2D eigenvalue weighted by Crippen LogP contribution is -2.34. The van der Waals surface area contributed by atoms with Gasteiger partial charge in [-0.1, -0.05) is 27.7 Å². The second-order valence-corrected chi connectivity index (χ2v) is 6.13. The number of rotatable bonds is 6. The molecule has 0 unspecified atom stereocenters. The molecule has 0 radical (unpaired) electrons. The van der Waals surface area contributed by atoms with Gasteiger partial charge in [-0.2, -0.15) is 0 Å². The summed E-state index contributed by atoms with van der Waals surface area (Å²) in [6.45, 7) is 12.4. The Labute approximate surface area is 126 Å². The molecule has 0 aliphatic carbocycles. The van der Waals surface area contributed by atoms with Crippen LogP contribution in [0.3, 0.4) is 0 Å². The van der Waals surface area contributed by atoms with E-state index in [-0.39, 0.29) is 23.9 Å². The van der Waals surface area contributed by atoms with E-state index < -0.39 is 5.97 Å². The molecule has 0 atom stereocenters. The fraction of sp³-hybridized carbons (Fsp3) is 0.688. The minimum absolute atomic E-state index is 0.112. The van der Waals surface area contributed by atoms with Gasteiger partial charge in [0.05, 0.1) is 6.61 Å². The summed E-state index contributed by atoms with van der Waals surface area (Å²) in [6.07, 6.45) is 0.666. The molecule has 0 bridgehead atoms. The summed E-state index contributed by atoms with van der Waals surface area (Å²) in [5.74, 6) is 0.182. The monoisotopic (exact) mass is 294 g/mol. The first kappa shape index (κ1) is 17.4. The van der Waals surface area contributed by atoms with Crippen molar-refractivity contribution in [2.75, 3.05) is 6.61 Å². The Hall–Kier alpha value is -1.65. The lowest BCUT2D eigenvalue weighted by Gasteiger charge is -2.17. The summed E-state index contributed by atoms with van der Waals surface area (Å²) in [4.78, 5) is 29.1. The average molecular weight is 294 g/mol. The van der Waals surface area contributed by atoms with Crippen molar-refractivity contribution in [2.45, 2.75) is 54.5 Å². The van der Waals surface area contributed by atoms with Gasteiger partial charge < -0.3 is 4.74 Å². The van der Waals surface area contributed by atoms with Gasteiger partial charge in [-0.3, -0.25) is 9.36 Å². The molecule has 0 saturated heterocycles. The normalized spacial score (nSPS) is 11.2. The van der Waals surface area contributed by atoms with E-state index in [1.54, 1.807) is 13.8 Å². The summed E-state index contributed by atoms with van der Waals surface area (Å²) in [5, 5.41) is 0. The third-order valence-electron chi connectivity index (χ3n) is 3.09. The molecule has 0 aromatic carbocycles. The van der Waals surface area contributed by atoms with Crippen LogP contribution in [0.4, 0.5) is 0 Å². The van der Waals surface area contributed by atoms with Gasteiger partial charge in [-0.25, -0.2) is 9.78 Å². The zero-order valence-corrected chi connectivity index (χ0v) is 13.9. The number of nitrogens with zero attached hydrogens (tertiary/aromatic N) is 2. The van der Waals surface area contributed by atoms with E-state index in [9.17, 15) is 9.59 Å². The van der Waals surface area contributed by atoms with Gasteiger partial charge in [0.2, 0.25) is 5.82 Å². The van der Waals surface area contributed by atoms with Crippen LogP contribution >= 0.6 is 0 Å². The molecule has 118 valence electrons. The van der Waals surface area contributed by atoms with E-state index >= 15 is 0 Å². The fourth-order valence-electron chi connectivity index (χ4n) is 2.23. The molecule has 21 heavy (non-hydrogen) atoms. The van der Waals surface area contributed by atoms with Crippen LogP contribution in [-0.4, -0.2) is 22.1 Å². The third kappa shape index (κ3) is 4.41. The second-order valence-electron chi connectivity index (χ2n) is 6.13. The van der Waals surface area contributed by atoms with Crippen LogP contribution in [0.2, 0.25) is 0 Å². The van der Waals surface area contributed by atoms with Crippen LogP contribution in [0.15, 0.2) is 4.79 Å². The highest BCUT2D eigenvalue weighted by Gasteiger charge is 2.21. The molecule has 1 aromatic heterocycles. The molecule has 0 aliphatic heterocycles. The Morgan fingerprint density at radius 2 is 1.86 bits per heavy atom. The van der Waals surface area contributed by atoms with E-state index in [4.69, 9.17) is 4.74 Å². The SMILES string of the molecule is CCOC(=O)c1nc(C)c(CC(C)C)c(=O)n1CC(C)C. The molecule has 0 saturated carbocycles. The molecule has 0 N–H and O–H groups in total. The Kier molecular flexibility index (Phi) is 6.12. The minimum atomic E-state index is -0.533. The number of carbonyl (C=O) groups is 1. The Morgan fingerprint density at radius 1 is 1.24 bits per heavy atom. The minimum Gasteiger partial charge on any atom is -0.460 e. The number of ether oxygens (including phenoxy) is 1. The molecular formula is C16H26N2O3. The molecule has 0 spiro atoms. The molecule has 1 aromatic rings. The van der Waals surface area contributed by atoms with Crippen molar-refractivity contribution < 1.29 is 9.53 Å². The van der Waals surface area contributed by atoms with E-state index in [0.717, 1.165) is 0 Å². The molecule has 0 amide bonds. The summed E-state index contributed by atoms with van der Waals surface area (Å²) in [5.41, 5.74) is 1.20. The van der Waals surface area contributed by atoms with Gasteiger partial charge in [0.1, 0.15) is 0 Å². The smallest absolute Gasteiger partial charge is 0.374 e. The standard InChI is InChI=1S/C16H26N2O3/c1-7-21-16(20)14-17-12(6)13(8-10(2)3)15(19)18(14)9-11(4)5/h10-11H,7-9H2,1-6H3. The number of carbonyl (C=O) groups excluding carboxylic acids is 1. The predicted octanol–water partition coefficient (Wildman–Crippen LogP) is 2.58. The highest BCUT2D eigenvalue weighted by Crippen LogP contribution is 2.11. The van der Waals surface area contributed by atoms with Crippen molar-refractivity contribution in [3.63, 3.8) is 0 Å². The van der Waals surface area contributed by atoms with Crippen LogP contribution in [0.1, 0.15) is 56.5 Å². The number of esters is 1. The fourth-order valence-corrected chi connectivity index (χ4v) is 2.23. The first-order valence-electron chi connectivity index (χ1n) is 7.55. The number of hydrogen-bond donors (Lipinski definition) is 0. The van der Waals surface area contributed by atoms with Crippen molar-refractivity contribution in [3.05, 3.63) is 27.4 Å². The number of aryl methyl sites for hydroxylation is 1. The van der Waals surface area contributed by atoms with Crippen molar-refractivity contribution in [1.82, 2.24) is 9.55 Å². The second kappa shape index (κ2) is 7.38. The van der Waals surface area contributed by atoms with E-state index in [1.807, 2.05) is 13.8 Å². The summed E-state index contributed by atoms with van der Waals surface area (Å²) in [7, 11) is 0. The summed E-state index contributed by atoms with van der Waals surface area (Å²) in [6, 6.07) is 0. The van der Waals surface area contributed by atoms with E-state index in [1.165, 1.54) is 4.57 Å². The van der Waals surface area contributed by atoms with Crippen molar-refractivity contribution >= 4 is 5.97 Å². The van der Waals surface area contributed by atoms with Crippen LogP contribution in [0.5, 0.6) is 0 Å². The average Bonchev–Trinajstić information content (AvgIpc) is 2.37. The molecule has 0 fully saturated rings. The molecule has 1 heterocycles. The zero-order chi connectivity index (χ0) is 16.2. The first-order chi connectivity index (χ1) is 9.77. The Balaban J connectivity index is 3.44. The highest BCUT2D eigenvalue weighted by molar-refractivity contribution is 5.85. The van der Waals surface area contributed by atoms with Crippen molar-refractivity contribution in [3.8, 4) is 0 Å². The van der Waals surface area contributed by atoms with Crippen LogP contribution in [-0.2, 0) is 17.7 Å². The zero-order valence-electron chi connectivity index (χ0n) is 13.9. The predicted molar refractivity (Wildman–Crippen MR) is 82.6 cm³/mol. The van der Waals surface area contributed by atoms with Gasteiger partial charge in [0.15, 0.2) is 0 Å². The topological polar surface area (TPSA) is 61.2 Å². The van der Waals surface area contributed by atoms with Crippen molar-refractivity contribution in [2.24, 2.45) is 11.8 Å². The largest absolute Gasteiger partial charge is 0.460 e. The van der Waals surface area contributed by atoms with Gasteiger partial charge in [0, 0.05) is 17.8 Å². The summed E-state index contributed by atoms with van der Waals surface area (Å²) < 4.78 is 6.49. The molecule has 1 rings (SSSR count). The van der Waals surface area contributed by atoms with Gasteiger partial charge in [0.25, 0.3) is 5.56 Å². The maximum atomic E-state index is 12.7. The molecule has 5 heteroatoms. The Bertz CT molecular complexity index is 559. The quantitative estimate of drug-likeness (QED) is 0.757. The molecular weight excluding hydrogens is 268 g/mol. The highest BCUT2D eigenvalue weighted by atomic mass is 16.5. The Morgan fingerprint density at radius 3 is 2.33 bits per heavy atom. The molecule has 5 nitrogen and oxygen atoms in total. The third-order valence-corrected chi connectivity index (χ3v) is 3.09. The first-order valence-corrected chi connectivity index (χ1v) is 7.55. The molecule has 0 aliphatic rings. The van der Waals surface area contributed by atoms with E-state index in [0.29, 0.717) is 30.1 Å². The number of aromatic nitrogens is 2. The van der Waals surface area contributed by atoms with Crippen LogP contribution in [0.25, 0.3) is 0 Å². The summed E-state index contributed by atoms with van der Waals surface area (Å²) >= 11 is 0. The van der Waals surface area contributed by atoms with Gasteiger partial charge in [-0.05, 0) is 32.1 Å². The van der Waals surface area contributed by atoms with Gasteiger partial charge in [-0.15, -0.1) is 0 Å². The van der Waals surface area contributed by atoms with Gasteiger partial charge >= 0.3 is 5.97 Å².